The minimum Gasteiger partial charge on any atom is -0.508 e. The molecule has 0 aromatic heterocycles. The number of rotatable bonds is 5. The second-order valence-electron chi connectivity index (χ2n) is 4.27. The maximum Gasteiger partial charge on any atom is 0.240 e. The molecular formula is C14H14BrNO3S. The summed E-state index contributed by atoms with van der Waals surface area (Å²) >= 11 is 3.31. The van der Waals surface area contributed by atoms with Crippen molar-refractivity contribution in [3.8, 4) is 5.75 Å². The van der Waals surface area contributed by atoms with Crippen molar-refractivity contribution < 1.29 is 13.5 Å². The van der Waals surface area contributed by atoms with Crippen LogP contribution in [0.15, 0.2) is 53.4 Å². The van der Waals surface area contributed by atoms with Gasteiger partial charge in [-0.25, -0.2) is 13.1 Å². The first kappa shape index (κ1) is 15.0. The van der Waals surface area contributed by atoms with E-state index in [0.29, 0.717) is 5.33 Å². The molecular weight excluding hydrogens is 342 g/mol. The Morgan fingerprint density at radius 1 is 0.950 bits per heavy atom. The molecule has 0 atom stereocenters. The van der Waals surface area contributed by atoms with Crippen LogP contribution in [0.4, 0.5) is 0 Å². The molecule has 0 fully saturated rings. The number of alkyl halides is 1. The van der Waals surface area contributed by atoms with Crippen LogP contribution in [-0.4, -0.2) is 13.5 Å². The SMILES string of the molecule is O=S(=O)(NCc1ccc(O)cc1)c1ccc(CBr)cc1. The first-order chi connectivity index (χ1) is 9.51. The molecule has 0 radical (unpaired) electrons. The number of phenolic OH excluding ortho intramolecular Hbond substituents is 1. The van der Waals surface area contributed by atoms with Crippen molar-refractivity contribution in [3.05, 3.63) is 59.7 Å². The molecule has 0 saturated heterocycles. The lowest BCUT2D eigenvalue weighted by atomic mass is 10.2. The highest BCUT2D eigenvalue weighted by molar-refractivity contribution is 9.08. The van der Waals surface area contributed by atoms with Crippen molar-refractivity contribution in [1.29, 1.82) is 0 Å². The van der Waals surface area contributed by atoms with Crippen molar-refractivity contribution in [3.63, 3.8) is 0 Å². The Morgan fingerprint density at radius 2 is 1.50 bits per heavy atom. The summed E-state index contributed by atoms with van der Waals surface area (Å²) in [6.45, 7) is 0.183. The Hall–Kier alpha value is -1.37. The molecule has 106 valence electrons. The van der Waals surface area contributed by atoms with Gasteiger partial charge in [0.25, 0.3) is 0 Å². The van der Waals surface area contributed by atoms with Crippen LogP contribution >= 0.6 is 15.9 Å². The second-order valence-corrected chi connectivity index (χ2v) is 6.60. The van der Waals surface area contributed by atoms with Crippen molar-refractivity contribution in [2.75, 3.05) is 0 Å². The molecule has 0 aliphatic carbocycles. The van der Waals surface area contributed by atoms with E-state index < -0.39 is 10.0 Å². The lowest BCUT2D eigenvalue weighted by Gasteiger charge is -2.07. The number of aromatic hydroxyl groups is 1. The molecule has 2 aromatic rings. The van der Waals surface area contributed by atoms with E-state index in [1.54, 1.807) is 36.4 Å². The zero-order valence-corrected chi connectivity index (χ0v) is 13.0. The van der Waals surface area contributed by atoms with Gasteiger partial charge in [0.15, 0.2) is 0 Å². The topological polar surface area (TPSA) is 66.4 Å². The largest absolute Gasteiger partial charge is 0.508 e. The Labute approximate surface area is 126 Å². The molecule has 6 heteroatoms. The Bertz CT molecular complexity index is 667. The van der Waals surface area contributed by atoms with Gasteiger partial charge in [-0.15, -0.1) is 0 Å². The van der Waals surface area contributed by atoms with Crippen molar-refractivity contribution in [2.24, 2.45) is 0 Å². The van der Waals surface area contributed by atoms with Crippen LogP contribution in [0.25, 0.3) is 0 Å². The van der Waals surface area contributed by atoms with Crippen LogP contribution in [0.3, 0.4) is 0 Å². The number of benzene rings is 2. The third kappa shape index (κ3) is 3.82. The summed E-state index contributed by atoms with van der Waals surface area (Å²) in [5.74, 6) is 0.155. The zero-order valence-electron chi connectivity index (χ0n) is 10.6. The van der Waals surface area contributed by atoms with Crippen LogP contribution in [0.2, 0.25) is 0 Å². The third-order valence-corrected chi connectivity index (χ3v) is 4.86. The molecule has 0 aliphatic heterocycles. The van der Waals surface area contributed by atoms with Crippen LogP contribution in [-0.2, 0) is 21.9 Å². The highest BCUT2D eigenvalue weighted by atomic mass is 79.9. The van der Waals surface area contributed by atoms with E-state index in [2.05, 4.69) is 20.7 Å². The highest BCUT2D eigenvalue weighted by Crippen LogP contribution is 2.14. The summed E-state index contributed by atoms with van der Waals surface area (Å²) in [6.07, 6.45) is 0. The average Bonchev–Trinajstić information content (AvgIpc) is 2.47. The van der Waals surface area contributed by atoms with Crippen LogP contribution in [0, 0.1) is 0 Å². The Balaban J connectivity index is 2.08. The van der Waals surface area contributed by atoms with Gasteiger partial charge in [-0.05, 0) is 35.4 Å². The Kier molecular flexibility index (Phi) is 4.80. The van der Waals surface area contributed by atoms with Gasteiger partial charge < -0.3 is 5.11 Å². The van der Waals surface area contributed by atoms with Crippen molar-refractivity contribution in [2.45, 2.75) is 16.8 Å². The molecule has 4 nitrogen and oxygen atoms in total. The predicted molar refractivity (Wildman–Crippen MR) is 81.2 cm³/mol. The van der Waals surface area contributed by atoms with Gasteiger partial charge in [-0.3, -0.25) is 0 Å². The normalized spacial score (nSPS) is 11.4. The summed E-state index contributed by atoms with van der Waals surface area (Å²) in [6, 6.07) is 13.1. The molecule has 0 heterocycles. The van der Waals surface area contributed by atoms with Gasteiger partial charge in [0, 0.05) is 11.9 Å². The van der Waals surface area contributed by atoms with E-state index in [1.165, 1.54) is 12.1 Å². The molecule has 2 aromatic carbocycles. The van der Waals surface area contributed by atoms with E-state index in [9.17, 15) is 8.42 Å². The molecule has 2 rings (SSSR count). The summed E-state index contributed by atoms with van der Waals surface area (Å²) < 4.78 is 26.7. The lowest BCUT2D eigenvalue weighted by molar-refractivity contribution is 0.475. The van der Waals surface area contributed by atoms with Gasteiger partial charge in [-0.1, -0.05) is 40.2 Å². The number of hydrogen-bond donors (Lipinski definition) is 2. The third-order valence-electron chi connectivity index (χ3n) is 2.79. The van der Waals surface area contributed by atoms with E-state index >= 15 is 0 Å². The van der Waals surface area contributed by atoms with Gasteiger partial charge in [0.1, 0.15) is 5.75 Å². The number of sulfonamides is 1. The standard InChI is InChI=1S/C14H14BrNO3S/c15-9-11-3-7-14(8-4-11)20(18,19)16-10-12-1-5-13(17)6-2-12/h1-8,16-17H,9-10H2. The van der Waals surface area contributed by atoms with Gasteiger partial charge in [-0.2, -0.15) is 0 Å². The summed E-state index contributed by atoms with van der Waals surface area (Å²) in [5, 5.41) is 9.86. The smallest absolute Gasteiger partial charge is 0.240 e. The summed E-state index contributed by atoms with van der Waals surface area (Å²) in [4.78, 5) is 0.237. The van der Waals surface area contributed by atoms with Crippen molar-refractivity contribution >= 4 is 26.0 Å². The number of halogens is 1. The minimum absolute atomic E-state index is 0.155. The fourth-order valence-corrected chi connectivity index (χ4v) is 3.02. The van der Waals surface area contributed by atoms with Crippen LogP contribution in [0.1, 0.15) is 11.1 Å². The van der Waals surface area contributed by atoms with E-state index in [1.807, 2.05) is 0 Å². The molecule has 0 aliphatic rings. The number of hydrogen-bond acceptors (Lipinski definition) is 3. The van der Waals surface area contributed by atoms with E-state index in [-0.39, 0.29) is 17.2 Å². The van der Waals surface area contributed by atoms with E-state index in [0.717, 1.165) is 11.1 Å². The predicted octanol–water partition coefficient (Wildman–Crippen LogP) is 2.77. The number of nitrogens with one attached hydrogen (secondary N) is 1. The van der Waals surface area contributed by atoms with Crippen molar-refractivity contribution in [1.82, 2.24) is 4.72 Å². The molecule has 0 amide bonds. The molecule has 0 bridgehead atoms. The zero-order chi connectivity index (χ0) is 14.6. The maximum absolute atomic E-state index is 12.1. The fourth-order valence-electron chi connectivity index (χ4n) is 1.63. The maximum atomic E-state index is 12.1. The van der Waals surface area contributed by atoms with Crippen LogP contribution in [0.5, 0.6) is 5.75 Å². The minimum atomic E-state index is -3.52. The number of phenols is 1. The summed E-state index contributed by atoms with van der Waals surface area (Å²) in [5.41, 5.74) is 1.80. The highest BCUT2D eigenvalue weighted by Gasteiger charge is 2.13. The molecule has 20 heavy (non-hydrogen) atoms. The molecule has 0 unspecified atom stereocenters. The molecule has 0 saturated carbocycles. The first-order valence-corrected chi connectivity index (χ1v) is 8.54. The van der Waals surface area contributed by atoms with Gasteiger partial charge in [0.2, 0.25) is 10.0 Å². The Morgan fingerprint density at radius 3 is 2.05 bits per heavy atom. The van der Waals surface area contributed by atoms with Gasteiger partial charge >= 0.3 is 0 Å². The molecule has 0 spiro atoms. The first-order valence-electron chi connectivity index (χ1n) is 5.94. The molecule has 2 N–H and O–H groups in total. The van der Waals surface area contributed by atoms with Gasteiger partial charge in [0.05, 0.1) is 4.90 Å². The average molecular weight is 356 g/mol. The summed E-state index contributed by atoms with van der Waals surface area (Å²) in [7, 11) is -3.52. The fraction of sp³-hybridized carbons (Fsp3) is 0.143. The quantitative estimate of drug-likeness (QED) is 0.810. The lowest BCUT2D eigenvalue weighted by Crippen LogP contribution is -2.23. The van der Waals surface area contributed by atoms with E-state index in [4.69, 9.17) is 5.11 Å². The van der Waals surface area contributed by atoms with Crippen LogP contribution < -0.4 is 4.72 Å². The second kappa shape index (κ2) is 6.39. The monoisotopic (exact) mass is 355 g/mol.